The zero-order chi connectivity index (χ0) is 14.5. The molecule has 0 saturated carbocycles. The highest BCUT2D eigenvalue weighted by Crippen LogP contribution is 2.35. The minimum atomic E-state index is 0. The molecular weight excluding hydrogens is 333 g/mol. The molecule has 0 spiro atoms. The molecule has 2 heterocycles. The van der Waals surface area contributed by atoms with Gasteiger partial charge in [0.2, 0.25) is 0 Å². The maximum absolute atomic E-state index is 8.98. The van der Waals surface area contributed by atoms with Crippen molar-refractivity contribution in [3.63, 3.8) is 0 Å². The summed E-state index contributed by atoms with van der Waals surface area (Å²) in [6.45, 7) is 6.09. The molecule has 0 aliphatic carbocycles. The largest absolute Gasteiger partial charge is 0.381 e. The van der Waals surface area contributed by atoms with Gasteiger partial charge in [-0.2, -0.15) is 5.26 Å². The summed E-state index contributed by atoms with van der Waals surface area (Å²) in [5, 5.41) is 12.4. The Kier molecular flexibility index (Phi) is 8.90. The molecule has 1 N–H and O–H groups in total. The number of nitrogens with one attached hydrogen (secondary N) is 1. The molecule has 128 valence electrons. The average Bonchev–Trinajstić information content (AvgIpc) is 2.58. The molecule has 23 heavy (non-hydrogen) atoms. The molecular formula is C17H25Cl2N3O. The van der Waals surface area contributed by atoms with Crippen molar-refractivity contribution < 1.29 is 4.74 Å². The summed E-state index contributed by atoms with van der Waals surface area (Å²) in [4.78, 5) is 2.61. The van der Waals surface area contributed by atoms with E-state index in [9.17, 15) is 0 Å². The molecule has 2 aliphatic rings. The molecule has 1 aromatic carbocycles. The lowest BCUT2D eigenvalue weighted by molar-refractivity contribution is 0.0213. The van der Waals surface area contributed by atoms with Crippen molar-refractivity contribution >= 4 is 24.8 Å². The van der Waals surface area contributed by atoms with Crippen LogP contribution in [0.1, 0.15) is 30.0 Å². The Hall–Kier alpha value is -0.830. The third-order valence-electron chi connectivity index (χ3n) is 4.64. The number of hydrogen-bond acceptors (Lipinski definition) is 4. The van der Waals surface area contributed by atoms with E-state index in [2.05, 4.69) is 28.4 Å². The van der Waals surface area contributed by atoms with Gasteiger partial charge in [-0.3, -0.25) is 4.90 Å². The SMILES string of the molecule is Cl.Cl.N#Cc1ccc([C@H](C2CCOCC2)N2CCNCC2)cc1. The first kappa shape index (κ1) is 20.2. The van der Waals surface area contributed by atoms with E-state index in [1.165, 1.54) is 5.56 Å². The van der Waals surface area contributed by atoms with Crippen LogP contribution in [0.25, 0.3) is 0 Å². The van der Waals surface area contributed by atoms with Crippen LogP contribution in [0.15, 0.2) is 24.3 Å². The van der Waals surface area contributed by atoms with Crippen molar-refractivity contribution in [1.82, 2.24) is 10.2 Å². The van der Waals surface area contributed by atoms with Gasteiger partial charge < -0.3 is 10.1 Å². The smallest absolute Gasteiger partial charge is 0.0991 e. The van der Waals surface area contributed by atoms with Gasteiger partial charge in [-0.15, -0.1) is 24.8 Å². The summed E-state index contributed by atoms with van der Waals surface area (Å²) in [7, 11) is 0. The predicted molar refractivity (Wildman–Crippen MR) is 96.4 cm³/mol. The highest BCUT2D eigenvalue weighted by Gasteiger charge is 2.31. The van der Waals surface area contributed by atoms with Crippen LogP contribution in [-0.2, 0) is 4.74 Å². The van der Waals surface area contributed by atoms with Gasteiger partial charge in [0.05, 0.1) is 11.6 Å². The zero-order valence-corrected chi connectivity index (χ0v) is 14.9. The van der Waals surface area contributed by atoms with Crippen molar-refractivity contribution in [3.8, 4) is 6.07 Å². The highest BCUT2D eigenvalue weighted by molar-refractivity contribution is 5.85. The van der Waals surface area contributed by atoms with E-state index < -0.39 is 0 Å². The second kappa shape index (κ2) is 10.1. The monoisotopic (exact) mass is 357 g/mol. The fourth-order valence-corrected chi connectivity index (χ4v) is 3.53. The maximum Gasteiger partial charge on any atom is 0.0991 e. The summed E-state index contributed by atoms with van der Waals surface area (Å²) in [6, 6.07) is 10.8. The van der Waals surface area contributed by atoms with E-state index in [0.717, 1.165) is 57.8 Å². The first-order valence-electron chi connectivity index (χ1n) is 7.91. The molecule has 0 bridgehead atoms. The molecule has 3 rings (SSSR count). The first-order valence-corrected chi connectivity index (χ1v) is 7.91. The van der Waals surface area contributed by atoms with Crippen molar-refractivity contribution in [1.29, 1.82) is 5.26 Å². The molecule has 1 aromatic rings. The van der Waals surface area contributed by atoms with Crippen LogP contribution in [0, 0.1) is 17.2 Å². The third kappa shape index (κ3) is 5.07. The average molecular weight is 358 g/mol. The summed E-state index contributed by atoms with van der Waals surface area (Å²) in [5.74, 6) is 0.657. The van der Waals surface area contributed by atoms with Crippen LogP contribution in [0.3, 0.4) is 0 Å². The molecule has 2 fully saturated rings. The fourth-order valence-electron chi connectivity index (χ4n) is 3.53. The lowest BCUT2D eigenvalue weighted by Crippen LogP contribution is -2.47. The molecule has 0 radical (unpaired) electrons. The van der Waals surface area contributed by atoms with Crippen LogP contribution in [0.2, 0.25) is 0 Å². The molecule has 4 nitrogen and oxygen atoms in total. The second-order valence-electron chi connectivity index (χ2n) is 5.91. The number of hydrogen-bond donors (Lipinski definition) is 1. The minimum Gasteiger partial charge on any atom is -0.381 e. The van der Waals surface area contributed by atoms with Crippen molar-refractivity contribution in [3.05, 3.63) is 35.4 Å². The Morgan fingerprint density at radius 1 is 1.09 bits per heavy atom. The van der Waals surface area contributed by atoms with Gasteiger partial charge in [0.15, 0.2) is 0 Å². The zero-order valence-electron chi connectivity index (χ0n) is 13.2. The van der Waals surface area contributed by atoms with Crippen molar-refractivity contribution in [2.45, 2.75) is 18.9 Å². The normalized spacial score (nSPS) is 20.7. The van der Waals surface area contributed by atoms with Gasteiger partial charge in [-0.1, -0.05) is 12.1 Å². The van der Waals surface area contributed by atoms with Gasteiger partial charge in [0.1, 0.15) is 0 Å². The van der Waals surface area contributed by atoms with Crippen molar-refractivity contribution in [2.24, 2.45) is 5.92 Å². The van der Waals surface area contributed by atoms with E-state index >= 15 is 0 Å². The Morgan fingerprint density at radius 2 is 1.70 bits per heavy atom. The van der Waals surface area contributed by atoms with Gasteiger partial charge in [-0.25, -0.2) is 0 Å². The molecule has 1 atom stereocenters. The molecule has 2 aliphatic heterocycles. The van der Waals surface area contributed by atoms with Crippen molar-refractivity contribution in [2.75, 3.05) is 39.4 Å². The summed E-state index contributed by atoms with van der Waals surface area (Å²) in [5.41, 5.74) is 2.09. The number of nitrogens with zero attached hydrogens (tertiary/aromatic N) is 2. The summed E-state index contributed by atoms with van der Waals surface area (Å²) in [6.07, 6.45) is 2.27. The molecule has 0 unspecified atom stereocenters. The summed E-state index contributed by atoms with van der Waals surface area (Å²) < 4.78 is 5.54. The molecule has 2 saturated heterocycles. The predicted octanol–water partition coefficient (Wildman–Crippen LogP) is 2.77. The van der Waals surface area contributed by atoms with Crippen LogP contribution >= 0.6 is 24.8 Å². The molecule has 6 heteroatoms. The number of ether oxygens (including phenoxy) is 1. The minimum absolute atomic E-state index is 0. The second-order valence-corrected chi connectivity index (χ2v) is 5.91. The lowest BCUT2D eigenvalue weighted by Gasteiger charge is -2.41. The van der Waals surface area contributed by atoms with E-state index in [0.29, 0.717) is 12.0 Å². The van der Waals surface area contributed by atoms with Gasteiger partial charge >= 0.3 is 0 Å². The Bertz CT molecular complexity index is 474. The standard InChI is InChI=1S/C17H23N3O.2ClH/c18-13-14-1-3-15(4-2-14)17(16-5-11-21-12-6-16)20-9-7-19-8-10-20;;/h1-4,16-17,19H,5-12H2;2*1H/t17-;;/m1../s1. The molecule has 0 amide bonds. The Morgan fingerprint density at radius 3 is 2.26 bits per heavy atom. The first-order chi connectivity index (χ1) is 10.4. The molecule has 0 aromatic heterocycles. The van der Waals surface area contributed by atoms with Gasteiger partial charge in [0, 0.05) is 45.4 Å². The van der Waals surface area contributed by atoms with E-state index in [-0.39, 0.29) is 24.8 Å². The topological polar surface area (TPSA) is 48.3 Å². The number of halogens is 2. The van der Waals surface area contributed by atoms with Crippen LogP contribution < -0.4 is 5.32 Å². The van der Waals surface area contributed by atoms with E-state index in [1.54, 1.807) is 0 Å². The van der Waals surface area contributed by atoms with Crippen LogP contribution in [-0.4, -0.2) is 44.3 Å². The Balaban J connectivity index is 0.00000132. The number of piperazine rings is 1. The quantitative estimate of drug-likeness (QED) is 0.903. The number of rotatable bonds is 3. The highest BCUT2D eigenvalue weighted by atomic mass is 35.5. The van der Waals surface area contributed by atoms with Crippen LogP contribution in [0.5, 0.6) is 0 Å². The van der Waals surface area contributed by atoms with Gasteiger partial charge in [0.25, 0.3) is 0 Å². The summed E-state index contributed by atoms with van der Waals surface area (Å²) >= 11 is 0. The van der Waals surface area contributed by atoms with E-state index in [1.807, 2.05) is 12.1 Å². The van der Waals surface area contributed by atoms with E-state index in [4.69, 9.17) is 10.00 Å². The Labute approximate surface area is 151 Å². The number of nitriles is 1. The van der Waals surface area contributed by atoms with Crippen LogP contribution in [0.4, 0.5) is 0 Å². The number of benzene rings is 1. The lowest BCUT2D eigenvalue weighted by atomic mass is 9.85. The maximum atomic E-state index is 8.98. The van der Waals surface area contributed by atoms with Gasteiger partial charge in [-0.05, 0) is 36.5 Å². The fraction of sp³-hybridized carbons (Fsp3) is 0.588. The third-order valence-corrected chi connectivity index (χ3v) is 4.64.